The lowest BCUT2D eigenvalue weighted by Crippen LogP contribution is -2.57. The summed E-state index contributed by atoms with van der Waals surface area (Å²) < 4.78 is 0. The summed E-state index contributed by atoms with van der Waals surface area (Å²) in [4.78, 5) is 16.1. The van der Waals surface area contributed by atoms with Crippen LogP contribution in [0.5, 0.6) is 5.75 Å². The quantitative estimate of drug-likeness (QED) is 0.747. The molecule has 0 radical (unpaired) electrons. The van der Waals surface area contributed by atoms with Gasteiger partial charge in [0.05, 0.1) is 11.6 Å². The summed E-state index contributed by atoms with van der Waals surface area (Å²) in [5, 5.41) is 19.3. The Morgan fingerprint density at radius 1 is 1.14 bits per heavy atom. The van der Waals surface area contributed by atoms with Gasteiger partial charge >= 0.3 is 5.97 Å². The van der Waals surface area contributed by atoms with E-state index in [4.69, 9.17) is 0 Å². The third-order valence-electron chi connectivity index (χ3n) is 5.52. The lowest BCUT2D eigenvalue weighted by molar-refractivity contribution is 0.0306. The molecule has 3 atom stereocenters. The molecule has 5 nitrogen and oxygen atoms in total. The average molecular weight is 380 g/mol. The molecule has 2 N–H and O–H groups in total. The van der Waals surface area contributed by atoms with E-state index in [9.17, 15) is 15.0 Å². The zero-order valence-electron chi connectivity index (χ0n) is 16.5. The van der Waals surface area contributed by atoms with E-state index < -0.39 is 5.97 Å². The summed E-state index contributed by atoms with van der Waals surface area (Å²) in [6, 6.07) is 15.0. The number of rotatable bonds is 6. The summed E-state index contributed by atoms with van der Waals surface area (Å²) in [6.07, 6.45) is 1.94. The molecule has 1 aliphatic heterocycles. The zero-order valence-corrected chi connectivity index (χ0v) is 16.5. The monoisotopic (exact) mass is 380 g/mol. The van der Waals surface area contributed by atoms with Crippen LogP contribution >= 0.6 is 0 Å². The SMILES string of the molecule is C=CCN1CC(C)N(C(c2ccc(C(=O)O)cc2)c2cccc(O)c2)CC1C. The molecule has 0 bridgehead atoms. The Balaban J connectivity index is 1.99. The minimum atomic E-state index is -0.930. The molecular weight excluding hydrogens is 352 g/mol. The molecule has 1 saturated heterocycles. The number of aromatic hydroxyl groups is 1. The summed E-state index contributed by atoms with van der Waals surface area (Å²) >= 11 is 0. The van der Waals surface area contributed by atoms with Gasteiger partial charge in [-0.05, 0) is 49.2 Å². The van der Waals surface area contributed by atoms with Crippen LogP contribution in [0.15, 0.2) is 61.2 Å². The molecule has 0 amide bonds. The molecule has 0 saturated carbocycles. The number of carboxylic acid groups (broad SMARTS) is 1. The molecule has 1 aliphatic rings. The van der Waals surface area contributed by atoms with Gasteiger partial charge in [0, 0.05) is 31.7 Å². The maximum Gasteiger partial charge on any atom is 0.335 e. The molecule has 1 heterocycles. The average Bonchev–Trinajstić information content (AvgIpc) is 2.66. The second-order valence-electron chi connectivity index (χ2n) is 7.56. The lowest BCUT2D eigenvalue weighted by atomic mass is 9.93. The van der Waals surface area contributed by atoms with E-state index in [2.05, 4.69) is 30.2 Å². The van der Waals surface area contributed by atoms with E-state index in [0.29, 0.717) is 12.1 Å². The van der Waals surface area contributed by atoms with Crippen molar-refractivity contribution >= 4 is 5.97 Å². The normalized spacial score (nSPS) is 21.9. The summed E-state index contributed by atoms with van der Waals surface area (Å²) in [7, 11) is 0. The van der Waals surface area contributed by atoms with Crippen molar-refractivity contribution < 1.29 is 15.0 Å². The predicted molar refractivity (Wildman–Crippen MR) is 111 cm³/mol. The van der Waals surface area contributed by atoms with Crippen LogP contribution in [0.3, 0.4) is 0 Å². The van der Waals surface area contributed by atoms with E-state index in [-0.39, 0.29) is 17.4 Å². The topological polar surface area (TPSA) is 64.0 Å². The minimum absolute atomic E-state index is 0.0572. The van der Waals surface area contributed by atoms with Gasteiger partial charge in [0.2, 0.25) is 0 Å². The number of benzene rings is 2. The second kappa shape index (κ2) is 8.59. The minimum Gasteiger partial charge on any atom is -0.508 e. The molecule has 5 heteroatoms. The van der Waals surface area contributed by atoms with E-state index in [1.807, 2.05) is 30.3 Å². The maximum atomic E-state index is 11.2. The van der Waals surface area contributed by atoms with E-state index in [0.717, 1.165) is 30.8 Å². The van der Waals surface area contributed by atoms with Crippen molar-refractivity contribution in [3.63, 3.8) is 0 Å². The molecule has 0 spiro atoms. The van der Waals surface area contributed by atoms with E-state index in [1.54, 1.807) is 24.3 Å². The van der Waals surface area contributed by atoms with Crippen LogP contribution in [0, 0.1) is 0 Å². The third kappa shape index (κ3) is 4.26. The molecule has 148 valence electrons. The van der Waals surface area contributed by atoms with Crippen LogP contribution in [0.1, 0.15) is 41.4 Å². The van der Waals surface area contributed by atoms with Crippen LogP contribution < -0.4 is 0 Å². The number of aromatic carboxylic acids is 1. The van der Waals surface area contributed by atoms with Crippen molar-refractivity contribution in [2.45, 2.75) is 32.0 Å². The largest absolute Gasteiger partial charge is 0.508 e. The number of carboxylic acids is 1. The Morgan fingerprint density at radius 3 is 2.46 bits per heavy atom. The maximum absolute atomic E-state index is 11.2. The van der Waals surface area contributed by atoms with Crippen molar-refractivity contribution in [2.75, 3.05) is 19.6 Å². The number of phenolic OH excluding ortho intramolecular Hbond substituents is 1. The molecule has 2 aromatic carbocycles. The Kier molecular flexibility index (Phi) is 6.17. The number of piperazine rings is 1. The highest BCUT2D eigenvalue weighted by Gasteiger charge is 2.34. The van der Waals surface area contributed by atoms with Crippen LogP contribution in [-0.2, 0) is 0 Å². The second-order valence-corrected chi connectivity index (χ2v) is 7.56. The van der Waals surface area contributed by atoms with Crippen molar-refractivity contribution in [3.8, 4) is 5.75 Å². The first-order chi connectivity index (χ1) is 13.4. The molecule has 0 aliphatic carbocycles. The first-order valence-corrected chi connectivity index (χ1v) is 9.63. The Labute approximate surface area is 166 Å². The predicted octanol–water partition coefficient (Wildman–Crippen LogP) is 3.76. The molecule has 0 aromatic heterocycles. The number of hydrogen-bond donors (Lipinski definition) is 2. The Hall–Kier alpha value is -2.63. The highest BCUT2D eigenvalue weighted by Crippen LogP contribution is 2.34. The Morgan fingerprint density at radius 2 is 1.86 bits per heavy atom. The highest BCUT2D eigenvalue weighted by atomic mass is 16.4. The van der Waals surface area contributed by atoms with Gasteiger partial charge in [0.15, 0.2) is 0 Å². The smallest absolute Gasteiger partial charge is 0.335 e. The van der Waals surface area contributed by atoms with Gasteiger partial charge in [-0.15, -0.1) is 6.58 Å². The standard InChI is InChI=1S/C23H28N2O3/c1-4-12-24-14-17(3)25(15-16(24)2)22(20-6-5-7-21(26)13-20)18-8-10-19(11-9-18)23(27)28/h4-11,13,16-17,22,26H,1,12,14-15H2,2-3H3,(H,27,28). The molecule has 3 rings (SSSR count). The van der Waals surface area contributed by atoms with Gasteiger partial charge in [0.1, 0.15) is 5.75 Å². The summed E-state index contributed by atoms with van der Waals surface area (Å²) in [5.74, 6) is -0.698. The third-order valence-corrected chi connectivity index (χ3v) is 5.52. The highest BCUT2D eigenvalue weighted by molar-refractivity contribution is 5.87. The van der Waals surface area contributed by atoms with Gasteiger partial charge in [-0.25, -0.2) is 4.79 Å². The number of nitrogens with zero attached hydrogens (tertiary/aromatic N) is 2. The van der Waals surface area contributed by atoms with E-state index >= 15 is 0 Å². The fourth-order valence-electron chi connectivity index (χ4n) is 4.08. The molecule has 2 aromatic rings. The van der Waals surface area contributed by atoms with Gasteiger partial charge in [-0.1, -0.05) is 30.3 Å². The fourth-order valence-corrected chi connectivity index (χ4v) is 4.08. The molecule has 28 heavy (non-hydrogen) atoms. The molecular formula is C23H28N2O3. The zero-order chi connectivity index (χ0) is 20.3. The molecule has 3 unspecified atom stereocenters. The van der Waals surface area contributed by atoms with Gasteiger partial charge in [-0.3, -0.25) is 9.80 Å². The first-order valence-electron chi connectivity index (χ1n) is 9.63. The van der Waals surface area contributed by atoms with Crippen LogP contribution in [0.25, 0.3) is 0 Å². The lowest BCUT2D eigenvalue weighted by Gasteiger charge is -2.47. The number of hydrogen-bond acceptors (Lipinski definition) is 4. The van der Waals surface area contributed by atoms with Crippen molar-refractivity contribution in [1.82, 2.24) is 9.80 Å². The fraction of sp³-hybridized carbons (Fsp3) is 0.348. The van der Waals surface area contributed by atoms with Crippen LogP contribution in [0.4, 0.5) is 0 Å². The number of phenols is 1. The Bertz CT molecular complexity index is 834. The summed E-state index contributed by atoms with van der Waals surface area (Å²) in [5.41, 5.74) is 2.29. The summed E-state index contributed by atoms with van der Waals surface area (Å²) in [6.45, 7) is 11.0. The van der Waals surface area contributed by atoms with Gasteiger partial charge in [-0.2, -0.15) is 0 Å². The molecule has 1 fully saturated rings. The van der Waals surface area contributed by atoms with Crippen molar-refractivity contribution in [2.24, 2.45) is 0 Å². The van der Waals surface area contributed by atoms with Crippen molar-refractivity contribution in [3.05, 3.63) is 77.9 Å². The van der Waals surface area contributed by atoms with Crippen LogP contribution in [-0.4, -0.2) is 57.7 Å². The number of carbonyl (C=O) groups is 1. The van der Waals surface area contributed by atoms with Gasteiger partial charge < -0.3 is 10.2 Å². The van der Waals surface area contributed by atoms with Crippen LogP contribution in [0.2, 0.25) is 0 Å². The van der Waals surface area contributed by atoms with Gasteiger partial charge in [0.25, 0.3) is 0 Å². The first kappa shape index (κ1) is 20.1. The van der Waals surface area contributed by atoms with E-state index in [1.165, 1.54) is 0 Å². The van der Waals surface area contributed by atoms with Crippen molar-refractivity contribution in [1.29, 1.82) is 0 Å².